The number of nitro benzene ring substituents is 1. The number of hydrogen-bond donors (Lipinski definition) is 1. The average molecular weight is 459 g/mol. The highest BCUT2D eigenvalue weighted by molar-refractivity contribution is 6.04. The molecule has 1 saturated heterocycles. The lowest BCUT2D eigenvalue weighted by atomic mass is 10.1. The molecule has 8 nitrogen and oxygen atoms in total. The number of nitrogens with zero attached hydrogens (tertiary/aromatic N) is 3. The SMILES string of the molecule is Cc1ccccc1C(=O)N1CCN(c2ccc(NC(=O)c3ccc([N+](=O)[O-])c(C)c3)cc2)CC1. The molecule has 0 atom stereocenters. The van der Waals surface area contributed by atoms with Gasteiger partial charge in [0, 0.05) is 60.3 Å². The highest BCUT2D eigenvalue weighted by atomic mass is 16.6. The number of carbonyl (C=O) groups is 2. The highest BCUT2D eigenvalue weighted by Crippen LogP contribution is 2.23. The number of anilines is 2. The van der Waals surface area contributed by atoms with Crippen molar-refractivity contribution in [3.05, 3.63) is 99.1 Å². The van der Waals surface area contributed by atoms with E-state index in [1.165, 1.54) is 18.2 Å². The molecule has 0 saturated carbocycles. The van der Waals surface area contributed by atoms with Gasteiger partial charge in [0.05, 0.1) is 4.92 Å². The zero-order chi connectivity index (χ0) is 24.2. The third kappa shape index (κ3) is 4.91. The van der Waals surface area contributed by atoms with Gasteiger partial charge in [-0.1, -0.05) is 18.2 Å². The molecule has 3 aromatic carbocycles. The van der Waals surface area contributed by atoms with Crippen LogP contribution in [-0.2, 0) is 0 Å². The molecule has 1 N–H and O–H groups in total. The first-order valence-corrected chi connectivity index (χ1v) is 11.1. The van der Waals surface area contributed by atoms with Gasteiger partial charge in [0.15, 0.2) is 0 Å². The number of hydrogen-bond acceptors (Lipinski definition) is 5. The first-order valence-electron chi connectivity index (χ1n) is 11.1. The summed E-state index contributed by atoms with van der Waals surface area (Å²) in [4.78, 5) is 40.0. The Morgan fingerprint density at radius 2 is 1.56 bits per heavy atom. The summed E-state index contributed by atoms with van der Waals surface area (Å²) in [5, 5.41) is 13.8. The molecular formula is C26H26N4O4. The summed E-state index contributed by atoms with van der Waals surface area (Å²) >= 11 is 0. The lowest BCUT2D eigenvalue weighted by molar-refractivity contribution is -0.385. The molecule has 3 aromatic rings. The predicted octanol–water partition coefficient (Wildman–Crippen LogP) is 4.43. The topological polar surface area (TPSA) is 95.8 Å². The Bertz CT molecular complexity index is 1230. The fourth-order valence-electron chi connectivity index (χ4n) is 4.11. The summed E-state index contributed by atoms with van der Waals surface area (Å²) in [6.45, 7) is 6.30. The molecule has 1 fully saturated rings. The maximum absolute atomic E-state index is 12.8. The van der Waals surface area contributed by atoms with Crippen LogP contribution >= 0.6 is 0 Å². The number of rotatable bonds is 5. The van der Waals surface area contributed by atoms with Crippen molar-refractivity contribution >= 4 is 28.9 Å². The number of aryl methyl sites for hydroxylation is 2. The van der Waals surface area contributed by atoms with Crippen molar-refractivity contribution in [3.63, 3.8) is 0 Å². The van der Waals surface area contributed by atoms with Gasteiger partial charge in [-0.25, -0.2) is 0 Å². The fraction of sp³-hybridized carbons (Fsp3) is 0.231. The molecule has 0 radical (unpaired) electrons. The van der Waals surface area contributed by atoms with Gasteiger partial charge in [0.2, 0.25) is 0 Å². The van der Waals surface area contributed by atoms with Crippen molar-refractivity contribution in [2.24, 2.45) is 0 Å². The van der Waals surface area contributed by atoms with Gasteiger partial charge < -0.3 is 15.1 Å². The van der Waals surface area contributed by atoms with E-state index in [4.69, 9.17) is 0 Å². The summed E-state index contributed by atoms with van der Waals surface area (Å²) in [6, 6.07) is 19.5. The summed E-state index contributed by atoms with van der Waals surface area (Å²) in [5.41, 5.74) is 4.18. The predicted molar refractivity (Wildman–Crippen MR) is 132 cm³/mol. The van der Waals surface area contributed by atoms with Crippen LogP contribution in [0.1, 0.15) is 31.8 Å². The normalized spacial score (nSPS) is 13.5. The van der Waals surface area contributed by atoms with Gasteiger partial charge in [0.25, 0.3) is 17.5 Å². The second-order valence-corrected chi connectivity index (χ2v) is 8.35. The zero-order valence-electron chi connectivity index (χ0n) is 19.2. The first-order chi connectivity index (χ1) is 16.3. The molecule has 34 heavy (non-hydrogen) atoms. The van der Waals surface area contributed by atoms with Gasteiger partial charge in [-0.3, -0.25) is 19.7 Å². The van der Waals surface area contributed by atoms with Crippen molar-refractivity contribution in [1.82, 2.24) is 4.90 Å². The third-order valence-electron chi connectivity index (χ3n) is 6.09. The molecular weight excluding hydrogens is 432 g/mol. The molecule has 174 valence electrons. The second kappa shape index (κ2) is 9.74. The Morgan fingerprint density at radius 1 is 0.882 bits per heavy atom. The van der Waals surface area contributed by atoms with Crippen LogP contribution in [-0.4, -0.2) is 47.8 Å². The van der Waals surface area contributed by atoms with Gasteiger partial charge in [-0.05, 0) is 61.9 Å². The monoisotopic (exact) mass is 458 g/mol. The summed E-state index contributed by atoms with van der Waals surface area (Å²) in [7, 11) is 0. The van der Waals surface area contributed by atoms with E-state index in [-0.39, 0.29) is 17.5 Å². The highest BCUT2D eigenvalue weighted by Gasteiger charge is 2.23. The van der Waals surface area contributed by atoms with Crippen LogP contribution in [0.2, 0.25) is 0 Å². The zero-order valence-corrected chi connectivity index (χ0v) is 19.2. The van der Waals surface area contributed by atoms with E-state index in [0.717, 1.165) is 29.9 Å². The molecule has 0 bridgehead atoms. The van der Waals surface area contributed by atoms with Gasteiger partial charge in [-0.15, -0.1) is 0 Å². The van der Waals surface area contributed by atoms with E-state index in [0.29, 0.717) is 29.9 Å². The number of nitro groups is 1. The Hall–Kier alpha value is -4.20. The van der Waals surface area contributed by atoms with Crippen molar-refractivity contribution in [2.75, 3.05) is 36.4 Å². The number of benzene rings is 3. The van der Waals surface area contributed by atoms with E-state index < -0.39 is 4.92 Å². The molecule has 0 aromatic heterocycles. The third-order valence-corrected chi connectivity index (χ3v) is 6.09. The molecule has 0 spiro atoms. The molecule has 0 unspecified atom stereocenters. The van der Waals surface area contributed by atoms with Crippen LogP contribution in [0.5, 0.6) is 0 Å². The summed E-state index contributed by atoms with van der Waals surface area (Å²) in [6.07, 6.45) is 0. The Labute approximate surface area is 198 Å². The van der Waals surface area contributed by atoms with Crippen molar-refractivity contribution in [2.45, 2.75) is 13.8 Å². The Morgan fingerprint density at radius 3 is 2.18 bits per heavy atom. The lowest BCUT2D eigenvalue weighted by Crippen LogP contribution is -2.48. The van der Waals surface area contributed by atoms with Crippen molar-refractivity contribution < 1.29 is 14.5 Å². The largest absolute Gasteiger partial charge is 0.368 e. The van der Waals surface area contributed by atoms with Crippen LogP contribution in [0.25, 0.3) is 0 Å². The maximum atomic E-state index is 12.8. The number of carbonyl (C=O) groups excluding carboxylic acids is 2. The Balaban J connectivity index is 1.35. The molecule has 1 aliphatic heterocycles. The fourth-order valence-corrected chi connectivity index (χ4v) is 4.11. The van der Waals surface area contributed by atoms with E-state index in [1.54, 1.807) is 6.92 Å². The molecule has 8 heteroatoms. The number of nitrogens with one attached hydrogen (secondary N) is 1. The maximum Gasteiger partial charge on any atom is 0.272 e. The minimum Gasteiger partial charge on any atom is -0.368 e. The van der Waals surface area contributed by atoms with Crippen molar-refractivity contribution in [3.8, 4) is 0 Å². The molecule has 4 rings (SSSR count). The molecule has 1 aliphatic rings. The standard InChI is InChI=1S/C26H26N4O4/c1-18-5-3-4-6-23(18)26(32)29-15-13-28(14-16-29)22-10-8-21(9-11-22)27-25(31)20-7-12-24(30(33)34)19(2)17-20/h3-12,17H,13-16H2,1-2H3,(H,27,31). The first kappa shape index (κ1) is 23.0. The van der Waals surface area contributed by atoms with Crippen LogP contribution in [0.4, 0.5) is 17.1 Å². The van der Waals surface area contributed by atoms with Crippen LogP contribution in [0.3, 0.4) is 0 Å². The van der Waals surface area contributed by atoms with Gasteiger partial charge in [-0.2, -0.15) is 0 Å². The van der Waals surface area contributed by atoms with Gasteiger partial charge >= 0.3 is 0 Å². The number of piperazine rings is 1. The molecule has 1 heterocycles. The molecule has 0 aliphatic carbocycles. The van der Waals surface area contributed by atoms with Crippen LogP contribution < -0.4 is 10.2 Å². The quantitative estimate of drug-likeness (QED) is 0.451. The lowest BCUT2D eigenvalue weighted by Gasteiger charge is -2.36. The van der Waals surface area contributed by atoms with E-state index >= 15 is 0 Å². The Kier molecular flexibility index (Phi) is 6.58. The van der Waals surface area contributed by atoms with Crippen LogP contribution in [0.15, 0.2) is 66.7 Å². The molecule has 2 amide bonds. The van der Waals surface area contributed by atoms with Crippen LogP contribution in [0, 0.1) is 24.0 Å². The second-order valence-electron chi connectivity index (χ2n) is 8.35. The minimum atomic E-state index is -0.464. The van der Waals surface area contributed by atoms with Gasteiger partial charge in [0.1, 0.15) is 0 Å². The van der Waals surface area contributed by atoms with Crippen molar-refractivity contribution in [1.29, 1.82) is 0 Å². The van der Waals surface area contributed by atoms with E-state index in [1.807, 2.05) is 60.4 Å². The van der Waals surface area contributed by atoms with E-state index in [9.17, 15) is 19.7 Å². The van der Waals surface area contributed by atoms with E-state index in [2.05, 4.69) is 10.2 Å². The minimum absolute atomic E-state index is 0.0124. The summed E-state index contributed by atoms with van der Waals surface area (Å²) < 4.78 is 0. The average Bonchev–Trinajstić information content (AvgIpc) is 2.84. The number of amides is 2. The summed E-state index contributed by atoms with van der Waals surface area (Å²) in [5.74, 6) is -0.258. The smallest absolute Gasteiger partial charge is 0.272 e.